The highest BCUT2D eigenvalue weighted by Crippen LogP contribution is 2.42. The summed E-state index contributed by atoms with van der Waals surface area (Å²) in [6, 6.07) is 22.7. The van der Waals surface area contributed by atoms with Crippen molar-refractivity contribution in [2.45, 2.75) is 25.4 Å². The molecule has 3 aromatic carbocycles. The number of morpholine rings is 1. The van der Waals surface area contributed by atoms with E-state index >= 15 is 0 Å². The van der Waals surface area contributed by atoms with Gasteiger partial charge in [-0.15, -0.1) is 0 Å². The third-order valence-corrected chi connectivity index (χ3v) is 6.95. The highest BCUT2D eigenvalue weighted by atomic mass is 19.1. The van der Waals surface area contributed by atoms with Crippen molar-refractivity contribution in [1.82, 2.24) is 4.90 Å². The summed E-state index contributed by atoms with van der Waals surface area (Å²) in [7, 11) is 0. The van der Waals surface area contributed by atoms with Crippen LogP contribution in [0.5, 0.6) is 0 Å². The van der Waals surface area contributed by atoms with E-state index in [1.54, 1.807) is 4.90 Å². The average molecular weight is 488 g/mol. The molecule has 0 aliphatic carbocycles. The minimum atomic E-state index is -0.379. The van der Waals surface area contributed by atoms with Crippen molar-refractivity contribution in [3.63, 3.8) is 0 Å². The summed E-state index contributed by atoms with van der Waals surface area (Å²) in [6.45, 7) is 5.02. The fraction of sp³-hybridized carbons (Fsp3) is 0.310. The molecule has 0 radical (unpaired) electrons. The van der Waals surface area contributed by atoms with Crippen LogP contribution in [0, 0.1) is 5.82 Å². The first kappa shape index (κ1) is 24.2. The second kappa shape index (κ2) is 10.6. The van der Waals surface area contributed by atoms with Gasteiger partial charge >= 0.3 is 0 Å². The number of anilines is 2. The molecule has 5 rings (SSSR count). The Morgan fingerprint density at radius 3 is 2.33 bits per heavy atom. The van der Waals surface area contributed by atoms with Crippen LogP contribution in [0.15, 0.2) is 78.9 Å². The van der Waals surface area contributed by atoms with Crippen LogP contribution < -0.4 is 9.80 Å². The number of rotatable bonds is 5. The summed E-state index contributed by atoms with van der Waals surface area (Å²) in [5.41, 5.74) is 2.96. The van der Waals surface area contributed by atoms with E-state index in [4.69, 9.17) is 4.74 Å². The molecular weight excluding hydrogens is 457 g/mol. The lowest BCUT2D eigenvalue weighted by atomic mass is 9.89. The Labute approximate surface area is 210 Å². The third kappa shape index (κ3) is 4.90. The number of fused-ring (bicyclic) bond motifs is 1. The van der Waals surface area contributed by atoms with Crippen LogP contribution in [0.25, 0.3) is 0 Å². The first-order valence-electron chi connectivity index (χ1n) is 12.4. The normalized spacial score (nSPS) is 20.0. The molecule has 6 nitrogen and oxygen atoms in total. The summed E-state index contributed by atoms with van der Waals surface area (Å²) in [6.07, 6.45) is 0.577. The Kier molecular flexibility index (Phi) is 7.11. The lowest BCUT2D eigenvalue weighted by Crippen LogP contribution is -2.50. The Bertz CT molecular complexity index is 1210. The van der Waals surface area contributed by atoms with Gasteiger partial charge in [-0.3, -0.25) is 14.5 Å². The lowest BCUT2D eigenvalue weighted by molar-refractivity contribution is -0.121. The van der Waals surface area contributed by atoms with Crippen molar-refractivity contribution in [2.24, 2.45) is 0 Å². The van der Waals surface area contributed by atoms with Crippen molar-refractivity contribution in [2.75, 3.05) is 42.6 Å². The minimum absolute atomic E-state index is 0.0217. The molecule has 0 spiro atoms. The summed E-state index contributed by atoms with van der Waals surface area (Å²) < 4.78 is 18.9. The first-order chi connectivity index (χ1) is 17.5. The number of halogens is 1. The van der Waals surface area contributed by atoms with Gasteiger partial charge in [-0.25, -0.2) is 4.39 Å². The molecule has 2 amide bonds. The van der Waals surface area contributed by atoms with Crippen molar-refractivity contribution < 1.29 is 18.7 Å². The zero-order valence-corrected chi connectivity index (χ0v) is 20.3. The van der Waals surface area contributed by atoms with Crippen LogP contribution in [0.4, 0.5) is 15.8 Å². The van der Waals surface area contributed by atoms with Gasteiger partial charge in [-0.1, -0.05) is 36.4 Å². The van der Waals surface area contributed by atoms with Gasteiger partial charge in [0.15, 0.2) is 0 Å². The van der Waals surface area contributed by atoms with Gasteiger partial charge < -0.3 is 14.5 Å². The molecule has 2 aliphatic heterocycles. The Balaban J connectivity index is 1.51. The Morgan fingerprint density at radius 1 is 0.944 bits per heavy atom. The molecule has 36 heavy (non-hydrogen) atoms. The van der Waals surface area contributed by atoms with Crippen LogP contribution in [0.3, 0.4) is 0 Å². The Morgan fingerprint density at radius 2 is 1.61 bits per heavy atom. The molecule has 2 aliphatic rings. The molecule has 0 saturated carbocycles. The van der Waals surface area contributed by atoms with E-state index in [0.717, 1.165) is 30.0 Å². The highest BCUT2D eigenvalue weighted by Gasteiger charge is 2.39. The molecule has 186 valence electrons. The first-order valence-corrected chi connectivity index (χ1v) is 12.4. The number of benzene rings is 3. The van der Waals surface area contributed by atoms with Gasteiger partial charge in [0, 0.05) is 36.1 Å². The quantitative estimate of drug-likeness (QED) is 0.525. The summed E-state index contributed by atoms with van der Waals surface area (Å²) >= 11 is 0. The number of carbonyl (C=O) groups excluding carboxylic acids is 2. The van der Waals surface area contributed by atoms with Crippen LogP contribution >= 0.6 is 0 Å². The van der Waals surface area contributed by atoms with Gasteiger partial charge in [0.25, 0.3) is 5.91 Å². The van der Waals surface area contributed by atoms with E-state index in [1.807, 2.05) is 66.4 Å². The summed E-state index contributed by atoms with van der Waals surface area (Å²) in [5, 5.41) is 0. The van der Waals surface area contributed by atoms with Crippen molar-refractivity contribution in [3.8, 4) is 0 Å². The predicted molar refractivity (Wildman–Crippen MR) is 138 cm³/mol. The molecule has 0 bridgehead atoms. The second-order valence-corrected chi connectivity index (χ2v) is 9.33. The largest absolute Gasteiger partial charge is 0.379 e. The molecule has 0 unspecified atom stereocenters. The number of para-hydroxylation sites is 2. The van der Waals surface area contributed by atoms with Gasteiger partial charge in [0.2, 0.25) is 5.91 Å². The number of ether oxygens (including phenoxy) is 1. The van der Waals surface area contributed by atoms with E-state index in [1.165, 1.54) is 24.3 Å². The van der Waals surface area contributed by atoms with E-state index in [-0.39, 0.29) is 29.7 Å². The Hall–Kier alpha value is -3.55. The maximum Gasteiger partial charge on any atom is 0.258 e. The fourth-order valence-electron chi connectivity index (χ4n) is 5.18. The monoisotopic (exact) mass is 487 g/mol. The summed E-state index contributed by atoms with van der Waals surface area (Å²) in [4.78, 5) is 33.2. The van der Waals surface area contributed by atoms with E-state index in [0.29, 0.717) is 31.7 Å². The van der Waals surface area contributed by atoms with Gasteiger partial charge in [0.05, 0.1) is 25.8 Å². The third-order valence-electron chi connectivity index (χ3n) is 6.95. The van der Waals surface area contributed by atoms with Gasteiger partial charge in [-0.2, -0.15) is 0 Å². The predicted octanol–water partition coefficient (Wildman–Crippen LogP) is 4.67. The van der Waals surface area contributed by atoms with Crippen molar-refractivity contribution in [3.05, 3.63) is 95.8 Å². The van der Waals surface area contributed by atoms with E-state index in [2.05, 4.69) is 4.90 Å². The van der Waals surface area contributed by atoms with Crippen LogP contribution in [-0.4, -0.2) is 55.6 Å². The molecule has 1 saturated heterocycles. The number of hydrogen-bond donors (Lipinski definition) is 0. The molecule has 1 fully saturated rings. The lowest BCUT2D eigenvalue weighted by Gasteiger charge is -2.44. The molecule has 2 atom stereocenters. The summed E-state index contributed by atoms with van der Waals surface area (Å²) in [5.74, 6) is -0.538. The molecule has 0 N–H and O–H groups in total. The molecule has 2 heterocycles. The van der Waals surface area contributed by atoms with Gasteiger partial charge in [-0.05, 0) is 61.4 Å². The number of nitrogens with zero attached hydrogens (tertiary/aromatic N) is 3. The number of amides is 2. The zero-order valence-electron chi connectivity index (χ0n) is 20.3. The van der Waals surface area contributed by atoms with Gasteiger partial charge in [0.1, 0.15) is 5.82 Å². The topological polar surface area (TPSA) is 53.1 Å². The maximum absolute atomic E-state index is 13.8. The van der Waals surface area contributed by atoms with E-state index in [9.17, 15) is 14.0 Å². The van der Waals surface area contributed by atoms with Crippen molar-refractivity contribution >= 4 is 23.2 Å². The average Bonchev–Trinajstić information content (AvgIpc) is 2.90. The van der Waals surface area contributed by atoms with Crippen molar-refractivity contribution in [1.29, 1.82) is 0 Å². The molecule has 7 heteroatoms. The molecule has 3 aromatic rings. The minimum Gasteiger partial charge on any atom is -0.379 e. The fourth-order valence-corrected chi connectivity index (χ4v) is 5.18. The van der Waals surface area contributed by atoms with E-state index < -0.39 is 0 Å². The van der Waals surface area contributed by atoms with Crippen LogP contribution in [0.2, 0.25) is 0 Å². The second-order valence-electron chi connectivity index (χ2n) is 9.33. The highest BCUT2D eigenvalue weighted by molar-refractivity contribution is 6.07. The smallest absolute Gasteiger partial charge is 0.258 e. The molecule has 0 aromatic heterocycles. The SMILES string of the molecule is C[C@@H]1C[C@H](N(C(=O)CN2CCOCC2)c2ccccc2)c2ccccc2N1C(=O)c1ccc(F)cc1. The molecular formula is C29H30FN3O3. The van der Waals surface area contributed by atoms with Crippen LogP contribution in [-0.2, 0) is 9.53 Å². The standard InChI is InChI=1S/C29H30FN3O3/c1-21-19-27(33(24-7-3-2-4-8-24)28(34)20-31-15-17-36-18-16-31)25-9-5-6-10-26(25)32(21)29(35)22-11-13-23(30)14-12-22/h2-14,21,27H,15-20H2,1H3/t21-,27+/m1/s1. The zero-order chi connectivity index (χ0) is 25.1. The number of carbonyl (C=O) groups is 2. The maximum atomic E-state index is 13.8. The van der Waals surface area contributed by atoms with Crippen LogP contribution in [0.1, 0.15) is 35.3 Å². The number of hydrogen-bond acceptors (Lipinski definition) is 4.